The van der Waals surface area contributed by atoms with Gasteiger partial charge in [0.1, 0.15) is 5.54 Å². The number of nitrogens with zero attached hydrogens (tertiary/aromatic N) is 2. The highest BCUT2D eigenvalue weighted by atomic mass is 32.1. The molecule has 2 aromatic carbocycles. The molecule has 32 heavy (non-hydrogen) atoms. The SMILES string of the molecule is CCC1(c2ccccc2)NC(=O)N(NC(=O)c2ccc(-c3nc4ccccc4s3)o2)C1=O. The fourth-order valence-corrected chi connectivity index (χ4v) is 4.68. The molecule has 8 nitrogen and oxygen atoms in total. The van der Waals surface area contributed by atoms with Crippen molar-refractivity contribution in [2.45, 2.75) is 18.9 Å². The smallest absolute Gasteiger partial charge is 0.344 e. The molecule has 2 aromatic heterocycles. The Morgan fingerprint density at radius 1 is 1.09 bits per heavy atom. The van der Waals surface area contributed by atoms with Gasteiger partial charge in [-0.3, -0.25) is 9.59 Å². The molecule has 1 fully saturated rings. The van der Waals surface area contributed by atoms with E-state index in [2.05, 4.69) is 15.7 Å². The second-order valence-electron chi connectivity index (χ2n) is 7.29. The summed E-state index contributed by atoms with van der Waals surface area (Å²) in [5.74, 6) is -0.863. The molecule has 1 unspecified atom stereocenters. The summed E-state index contributed by atoms with van der Waals surface area (Å²) < 4.78 is 6.67. The van der Waals surface area contributed by atoms with Crippen molar-refractivity contribution in [1.29, 1.82) is 0 Å². The summed E-state index contributed by atoms with van der Waals surface area (Å²) in [6.07, 6.45) is 0.330. The topological polar surface area (TPSA) is 105 Å². The van der Waals surface area contributed by atoms with Gasteiger partial charge in [0.25, 0.3) is 5.91 Å². The molecule has 9 heteroatoms. The molecule has 2 N–H and O–H groups in total. The van der Waals surface area contributed by atoms with Crippen LogP contribution in [0.15, 0.2) is 71.1 Å². The number of urea groups is 1. The third-order valence-corrected chi connectivity index (χ3v) is 6.49. The zero-order valence-electron chi connectivity index (χ0n) is 17.0. The van der Waals surface area contributed by atoms with E-state index < -0.39 is 23.4 Å². The molecule has 1 saturated heterocycles. The van der Waals surface area contributed by atoms with E-state index in [1.54, 1.807) is 37.3 Å². The van der Waals surface area contributed by atoms with Crippen LogP contribution in [-0.4, -0.2) is 27.8 Å². The van der Waals surface area contributed by atoms with Crippen molar-refractivity contribution in [2.75, 3.05) is 0 Å². The molecule has 0 aliphatic carbocycles. The molecular formula is C23H18N4O4S. The highest BCUT2D eigenvalue weighted by molar-refractivity contribution is 7.21. The number of thiazole rings is 1. The van der Waals surface area contributed by atoms with Crippen molar-refractivity contribution in [1.82, 2.24) is 20.7 Å². The quantitative estimate of drug-likeness (QED) is 0.450. The van der Waals surface area contributed by atoms with Crippen molar-refractivity contribution in [3.05, 3.63) is 78.1 Å². The van der Waals surface area contributed by atoms with Crippen LogP contribution >= 0.6 is 11.3 Å². The lowest BCUT2D eigenvalue weighted by molar-refractivity contribution is -0.133. The molecule has 0 radical (unpaired) electrons. The molecule has 5 rings (SSSR count). The van der Waals surface area contributed by atoms with Gasteiger partial charge in [0.05, 0.1) is 10.2 Å². The molecule has 4 aromatic rings. The molecule has 0 saturated carbocycles. The Morgan fingerprint density at radius 3 is 2.59 bits per heavy atom. The average Bonchev–Trinajstić information content (AvgIpc) is 3.52. The number of para-hydroxylation sites is 1. The van der Waals surface area contributed by atoms with Gasteiger partial charge in [-0.1, -0.05) is 49.4 Å². The number of amides is 4. The lowest BCUT2D eigenvalue weighted by Gasteiger charge is -2.25. The van der Waals surface area contributed by atoms with Gasteiger partial charge < -0.3 is 9.73 Å². The third-order valence-electron chi connectivity index (χ3n) is 5.44. The highest BCUT2D eigenvalue weighted by Gasteiger charge is 2.52. The minimum absolute atomic E-state index is 0.0337. The van der Waals surface area contributed by atoms with Crippen molar-refractivity contribution in [2.24, 2.45) is 0 Å². The van der Waals surface area contributed by atoms with Gasteiger partial charge in [0.15, 0.2) is 16.5 Å². The fourth-order valence-electron chi connectivity index (χ4n) is 3.75. The number of rotatable bonds is 5. The fraction of sp³-hybridized carbons (Fsp3) is 0.130. The number of aromatic nitrogens is 1. The van der Waals surface area contributed by atoms with E-state index in [1.807, 2.05) is 30.3 Å². The van der Waals surface area contributed by atoms with Gasteiger partial charge in [-0.05, 0) is 36.2 Å². The number of nitrogens with one attached hydrogen (secondary N) is 2. The Bertz CT molecular complexity index is 1310. The van der Waals surface area contributed by atoms with Gasteiger partial charge in [0.2, 0.25) is 0 Å². The standard InChI is InChI=1S/C23H18N4O4S/c1-2-23(14-8-4-3-5-9-14)21(29)27(22(30)25-23)26-19(28)16-12-13-17(31-16)20-24-15-10-6-7-11-18(15)32-20/h3-13H,2H2,1H3,(H,25,30)(H,26,28). The molecule has 3 heterocycles. The van der Waals surface area contributed by atoms with E-state index in [4.69, 9.17) is 4.42 Å². The maximum Gasteiger partial charge on any atom is 0.344 e. The Labute approximate surface area is 186 Å². The average molecular weight is 446 g/mol. The predicted molar refractivity (Wildman–Crippen MR) is 119 cm³/mol. The Morgan fingerprint density at radius 2 is 1.84 bits per heavy atom. The summed E-state index contributed by atoms with van der Waals surface area (Å²) >= 11 is 1.44. The summed E-state index contributed by atoms with van der Waals surface area (Å²) in [6.45, 7) is 1.80. The van der Waals surface area contributed by atoms with Crippen LogP contribution in [0.3, 0.4) is 0 Å². The summed E-state index contributed by atoms with van der Waals surface area (Å²) in [6, 6.07) is 19.0. The van der Waals surface area contributed by atoms with Crippen LogP contribution in [-0.2, 0) is 10.3 Å². The van der Waals surface area contributed by atoms with Crippen LogP contribution in [0.4, 0.5) is 4.79 Å². The van der Waals surface area contributed by atoms with Crippen LogP contribution in [0.2, 0.25) is 0 Å². The maximum atomic E-state index is 13.2. The predicted octanol–water partition coefficient (Wildman–Crippen LogP) is 4.06. The van der Waals surface area contributed by atoms with Crippen LogP contribution in [0.5, 0.6) is 0 Å². The Hall–Kier alpha value is -3.98. The highest BCUT2D eigenvalue weighted by Crippen LogP contribution is 2.33. The van der Waals surface area contributed by atoms with Crippen LogP contribution < -0.4 is 10.7 Å². The van der Waals surface area contributed by atoms with Crippen molar-refractivity contribution < 1.29 is 18.8 Å². The second-order valence-corrected chi connectivity index (χ2v) is 8.32. The first-order valence-electron chi connectivity index (χ1n) is 10.0. The van der Waals surface area contributed by atoms with Crippen molar-refractivity contribution >= 4 is 39.4 Å². The van der Waals surface area contributed by atoms with Crippen molar-refractivity contribution in [3.8, 4) is 10.8 Å². The zero-order chi connectivity index (χ0) is 22.3. The van der Waals surface area contributed by atoms with E-state index in [0.29, 0.717) is 27.8 Å². The van der Waals surface area contributed by atoms with Gasteiger partial charge in [-0.25, -0.2) is 15.2 Å². The number of benzene rings is 2. The van der Waals surface area contributed by atoms with E-state index in [9.17, 15) is 14.4 Å². The van der Waals surface area contributed by atoms with Gasteiger partial charge in [-0.2, -0.15) is 5.01 Å². The molecule has 1 aliphatic rings. The van der Waals surface area contributed by atoms with Crippen LogP contribution in [0, 0.1) is 0 Å². The number of furan rings is 1. The van der Waals surface area contributed by atoms with Crippen LogP contribution in [0.1, 0.15) is 29.5 Å². The Balaban J connectivity index is 1.37. The summed E-state index contributed by atoms with van der Waals surface area (Å²) in [4.78, 5) is 43.0. The lowest BCUT2D eigenvalue weighted by Crippen LogP contribution is -2.48. The first-order chi connectivity index (χ1) is 15.5. The normalized spacial score (nSPS) is 18.2. The summed E-state index contributed by atoms with van der Waals surface area (Å²) in [5, 5.41) is 4.06. The number of hydrogen-bond acceptors (Lipinski definition) is 6. The number of hydrogen-bond donors (Lipinski definition) is 2. The lowest BCUT2D eigenvalue weighted by atomic mass is 9.87. The summed E-state index contributed by atoms with van der Waals surface area (Å²) in [5.41, 5.74) is 2.62. The second kappa shape index (κ2) is 7.61. The molecular weight excluding hydrogens is 428 g/mol. The van der Waals surface area contributed by atoms with Gasteiger partial charge in [-0.15, -0.1) is 11.3 Å². The van der Waals surface area contributed by atoms with Crippen LogP contribution in [0.25, 0.3) is 21.0 Å². The number of fused-ring (bicyclic) bond motifs is 1. The van der Waals surface area contributed by atoms with E-state index in [0.717, 1.165) is 10.2 Å². The molecule has 4 amide bonds. The molecule has 0 spiro atoms. The zero-order valence-corrected chi connectivity index (χ0v) is 17.8. The van der Waals surface area contributed by atoms with Crippen molar-refractivity contribution in [3.63, 3.8) is 0 Å². The third kappa shape index (κ3) is 3.14. The number of hydrazine groups is 1. The molecule has 160 valence electrons. The molecule has 1 atom stereocenters. The number of carbonyl (C=O) groups excluding carboxylic acids is 3. The van der Waals surface area contributed by atoms with Gasteiger partial charge in [0, 0.05) is 0 Å². The summed E-state index contributed by atoms with van der Waals surface area (Å²) in [7, 11) is 0. The molecule has 0 bridgehead atoms. The van der Waals surface area contributed by atoms with E-state index >= 15 is 0 Å². The number of carbonyl (C=O) groups is 3. The first kappa shape index (κ1) is 20.0. The number of imide groups is 1. The Kier molecular flexibility index (Phi) is 4.75. The maximum absolute atomic E-state index is 13.2. The van der Waals surface area contributed by atoms with E-state index in [-0.39, 0.29) is 5.76 Å². The largest absolute Gasteiger partial charge is 0.448 e. The van der Waals surface area contributed by atoms with Gasteiger partial charge >= 0.3 is 11.9 Å². The minimum atomic E-state index is -1.24. The molecule has 1 aliphatic heterocycles. The monoisotopic (exact) mass is 446 g/mol. The van der Waals surface area contributed by atoms with E-state index in [1.165, 1.54) is 17.4 Å². The minimum Gasteiger partial charge on any atom is -0.448 e. The first-order valence-corrected chi connectivity index (χ1v) is 10.8.